The number of carboxylic acid groups (broad SMARTS) is 1. The number of nitrogens with zero attached hydrogens (tertiary/aromatic N) is 1. The van der Waals surface area contributed by atoms with Gasteiger partial charge in [-0.1, -0.05) is 0 Å². The number of rotatable bonds is 5. The van der Waals surface area contributed by atoms with Gasteiger partial charge < -0.3 is 10.4 Å². The van der Waals surface area contributed by atoms with Crippen LogP contribution in [-0.2, 0) is 11.2 Å². The van der Waals surface area contributed by atoms with E-state index in [-0.39, 0.29) is 6.42 Å². The Bertz CT molecular complexity index is 361. The van der Waals surface area contributed by atoms with E-state index in [2.05, 4.69) is 10.3 Å². The molecule has 0 atom stereocenters. The molecule has 1 fully saturated rings. The van der Waals surface area contributed by atoms with E-state index in [1.807, 2.05) is 6.07 Å². The van der Waals surface area contributed by atoms with E-state index < -0.39 is 5.97 Å². The van der Waals surface area contributed by atoms with Crippen molar-refractivity contribution in [3.63, 3.8) is 0 Å². The summed E-state index contributed by atoms with van der Waals surface area (Å²) in [6, 6.07) is 2.49. The largest absolute Gasteiger partial charge is 0.481 e. The molecule has 1 aromatic heterocycles. The summed E-state index contributed by atoms with van der Waals surface area (Å²) < 4.78 is 0. The average molecular weight is 206 g/mol. The number of aliphatic carboxylic acids is 1. The Labute approximate surface area is 88.3 Å². The molecule has 1 aromatic rings. The van der Waals surface area contributed by atoms with E-state index in [0.29, 0.717) is 12.5 Å². The van der Waals surface area contributed by atoms with E-state index >= 15 is 0 Å². The van der Waals surface area contributed by atoms with Crippen molar-refractivity contribution in [2.75, 3.05) is 5.32 Å². The molecular weight excluding hydrogens is 192 g/mol. The predicted octanol–water partition coefficient (Wildman–Crippen LogP) is 1.67. The van der Waals surface area contributed by atoms with Gasteiger partial charge in [-0.15, -0.1) is 0 Å². The smallest absolute Gasteiger partial charge is 0.303 e. The number of carbonyl (C=O) groups is 1. The van der Waals surface area contributed by atoms with Crippen LogP contribution in [0.2, 0.25) is 0 Å². The highest BCUT2D eigenvalue weighted by Gasteiger charge is 2.21. The summed E-state index contributed by atoms with van der Waals surface area (Å²) in [6.45, 7) is 0. The van der Waals surface area contributed by atoms with Crippen molar-refractivity contribution in [1.82, 2.24) is 4.98 Å². The maximum atomic E-state index is 10.5. The molecule has 2 rings (SSSR count). The molecule has 1 aliphatic rings. The predicted molar refractivity (Wildman–Crippen MR) is 56.8 cm³/mol. The molecule has 0 aliphatic heterocycles. The standard InChI is InChI=1S/C11H14N2O2/c14-11(15)4-1-8-7-12-6-5-10(8)13-9-2-3-9/h5-7,9H,1-4H2,(H,12,13)(H,14,15). The average Bonchev–Trinajstić information content (AvgIpc) is 3.00. The molecule has 1 aliphatic carbocycles. The number of aryl methyl sites for hydroxylation is 1. The van der Waals surface area contributed by atoms with Crippen LogP contribution < -0.4 is 5.32 Å². The molecule has 80 valence electrons. The van der Waals surface area contributed by atoms with Gasteiger partial charge in [0.1, 0.15) is 0 Å². The van der Waals surface area contributed by atoms with Gasteiger partial charge in [0.15, 0.2) is 0 Å². The number of nitrogens with one attached hydrogen (secondary N) is 1. The van der Waals surface area contributed by atoms with E-state index in [1.54, 1.807) is 12.4 Å². The zero-order valence-electron chi connectivity index (χ0n) is 8.44. The second-order valence-corrected chi connectivity index (χ2v) is 3.85. The normalized spacial score (nSPS) is 14.9. The minimum absolute atomic E-state index is 0.158. The molecule has 0 unspecified atom stereocenters. The number of aromatic nitrogens is 1. The summed E-state index contributed by atoms with van der Waals surface area (Å²) in [6.07, 6.45) is 6.59. The van der Waals surface area contributed by atoms with E-state index in [0.717, 1.165) is 11.3 Å². The summed E-state index contributed by atoms with van der Waals surface area (Å²) in [5.74, 6) is -0.767. The first-order valence-corrected chi connectivity index (χ1v) is 5.17. The lowest BCUT2D eigenvalue weighted by Crippen LogP contribution is -2.06. The molecule has 4 nitrogen and oxygen atoms in total. The minimum Gasteiger partial charge on any atom is -0.481 e. The van der Waals surface area contributed by atoms with Crippen LogP contribution in [-0.4, -0.2) is 22.1 Å². The van der Waals surface area contributed by atoms with Gasteiger partial charge in [0.2, 0.25) is 0 Å². The molecule has 1 saturated carbocycles. The molecule has 0 saturated heterocycles. The quantitative estimate of drug-likeness (QED) is 0.769. The van der Waals surface area contributed by atoms with E-state index in [1.165, 1.54) is 12.8 Å². The van der Waals surface area contributed by atoms with Crippen LogP contribution in [0.3, 0.4) is 0 Å². The van der Waals surface area contributed by atoms with Gasteiger partial charge >= 0.3 is 5.97 Å². The number of hydrogen-bond acceptors (Lipinski definition) is 3. The second kappa shape index (κ2) is 4.29. The monoisotopic (exact) mass is 206 g/mol. The summed E-state index contributed by atoms with van der Waals surface area (Å²) in [4.78, 5) is 14.5. The molecule has 0 amide bonds. The van der Waals surface area contributed by atoms with Gasteiger partial charge in [-0.2, -0.15) is 0 Å². The van der Waals surface area contributed by atoms with Crippen LogP contribution in [0.4, 0.5) is 5.69 Å². The van der Waals surface area contributed by atoms with Crippen molar-refractivity contribution in [3.8, 4) is 0 Å². The molecule has 0 aromatic carbocycles. The molecule has 0 radical (unpaired) electrons. The fourth-order valence-corrected chi connectivity index (χ4v) is 1.46. The highest BCUT2D eigenvalue weighted by atomic mass is 16.4. The third kappa shape index (κ3) is 2.94. The van der Waals surface area contributed by atoms with Crippen molar-refractivity contribution < 1.29 is 9.90 Å². The molecule has 4 heteroatoms. The van der Waals surface area contributed by atoms with Crippen molar-refractivity contribution in [3.05, 3.63) is 24.0 Å². The summed E-state index contributed by atoms with van der Waals surface area (Å²) >= 11 is 0. The first kappa shape index (κ1) is 9.96. The van der Waals surface area contributed by atoms with Crippen molar-refractivity contribution in [2.45, 2.75) is 31.7 Å². The molecule has 0 spiro atoms. The lowest BCUT2D eigenvalue weighted by molar-refractivity contribution is -0.136. The van der Waals surface area contributed by atoms with Gasteiger partial charge in [-0.3, -0.25) is 9.78 Å². The fourth-order valence-electron chi connectivity index (χ4n) is 1.46. The summed E-state index contributed by atoms with van der Waals surface area (Å²) in [7, 11) is 0. The van der Waals surface area contributed by atoms with Crippen LogP contribution in [0, 0.1) is 0 Å². The molecular formula is C11H14N2O2. The number of pyridine rings is 1. The van der Waals surface area contributed by atoms with Crippen LogP contribution >= 0.6 is 0 Å². The Hall–Kier alpha value is -1.58. The second-order valence-electron chi connectivity index (χ2n) is 3.85. The Morgan fingerprint density at radius 3 is 3.07 bits per heavy atom. The summed E-state index contributed by atoms with van der Waals surface area (Å²) in [5, 5.41) is 12.0. The third-order valence-corrected chi connectivity index (χ3v) is 2.45. The van der Waals surface area contributed by atoms with Crippen molar-refractivity contribution in [2.24, 2.45) is 0 Å². The Kier molecular flexibility index (Phi) is 2.85. The van der Waals surface area contributed by atoms with Gasteiger partial charge in [0.25, 0.3) is 0 Å². The first-order chi connectivity index (χ1) is 7.25. The maximum Gasteiger partial charge on any atom is 0.303 e. The number of hydrogen-bond donors (Lipinski definition) is 2. The molecule has 15 heavy (non-hydrogen) atoms. The lowest BCUT2D eigenvalue weighted by atomic mass is 10.1. The van der Waals surface area contributed by atoms with E-state index in [9.17, 15) is 4.79 Å². The van der Waals surface area contributed by atoms with Crippen LogP contribution in [0.1, 0.15) is 24.8 Å². The fraction of sp³-hybridized carbons (Fsp3) is 0.455. The van der Waals surface area contributed by atoms with Gasteiger partial charge in [0, 0.05) is 30.5 Å². The maximum absolute atomic E-state index is 10.5. The zero-order chi connectivity index (χ0) is 10.7. The van der Waals surface area contributed by atoms with Gasteiger partial charge in [0.05, 0.1) is 0 Å². The van der Waals surface area contributed by atoms with Crippen molar-refractivity contribution >= 4 is 11.7 Å². The Morgan fingerprint density at radius 2 is 2.40 bits per heavy atom. The Morgan fingerprint density at radius 1 is 1.60 bits per heavy atom. The van der Waals surface area contributed by atoms with Gasteiger partial charge in [-0.25, -0.2) is 0 Å². The van der Waals surface area contributed by atoms with Crippen LogP contribution in [0.15, 0.2) is 18.5 Å². The zero-order valence-corrected chi connectivity index (χ0v) is 8.44. The Balaban J connectivity index is 2.02. The number of carboxylic acids is 1. The first-order valence-electron chi connectivity index (χ1n) is 5.17. The topological polar surface area (TPSA) is 62.2 Å². The molecule has 2 N–H and O–H groups in total. The minimum atomic E-state index is -0.767. The van der Waals surface area contributed by atoms with E-state index in [4.69, 9.17) is 5.11 Å². The van der Waals surface area contributed by atoms with Gasteiger partial charge in [-0.05, 0) is 30.9 Å². The molecule has 0 bridgehead atoms. The summed E-state index contributed by atoms with van der Waals surface area (Å²) in [5.41, 5.74) is 2.03. The molecule has 1 heterocycles. The highest BCUT2D eigenvalue weighted by molar-refractivity contribution is 5.67. The van der Waals surface area contributed by atoms with Crippen molar-refractivity contribution in [1.29, 1.82) is 0 Å². The lowest BCUT2D eigenvalue weighted by Gasteiger charge is -2.09. The third-order valence-electron chi connectivity index (χ3n) is 2.45. The highest BCUT2D eigenvalue weighted by Crippen LogP contribution is 2.26. The SMILES string of the molecule is O=C(O)CCc1cnccc1NC1CC1. The number of anilines is 1. The van der Waals surface area contributed by atoms with Crippen LogP contribution in [0.5, 0.6) is 0 Å². The van der Waals surface area contributed by atoms with Crippen LogP contribution in [0.25, 0.3) is 0 Å².